The molecule has 1 saturated carbocycles. The predicted octanol–water partition coefficient (Wildman–Crippen LogP) is 2.42. The van der Waals surface area contributed by atoms with E-state index in [0.29, 0.717) is 24.7 Å². The molecule has 1 aromatic carbocycles. The number of ether oxygens (including phenoxy) is 2. The smallest absolute Gasteiger partial charge is 0.251 e. The highest BCUT2D eigenvalue weighted by Crippen LogP contribution is 2.37. The van der Waals surface area contributed by atoms with Crippen LogP contribution in [0.15, 0.2) is 24.3 Å². The van der Waals surface area contributed by atoms with E-state index < -0.39 is 0 Å². The summed E-state index contributed by atoms with van der Waals surface area (Å²) in [6, 6.07) is 7.70. The Hall–Kier alpha value is -1.59. The molecule has 5 heteroatoms. The lowest BCUT2D eigenvalue weighted by Crippen LogP contribution is -2.38. The van der Waals surface area contributed by atoms with Gasteiger partial charge in [0.15, 0.2) is 5.79 Å². The van der Waals surface area contributed by atoms with Gasteiger partial charge in [-0.05, 0) is 37.0 Å². The largest absolute Gasteiger partial charge is 0.378 e. The molecule has 0 unspecified atom stereocenters. The molecule has 0 aromatic heterocycles. The fourth-order valence-corrected chi connectivity index (χ4v) is 3.37. The zero-order valence-corrected chi connectivity index (χ0v) is 14.0. The van der Waals surface area contributed by atoms with Gasteiger partial charge >= 0.3 is 0 Å². The number of benzene rings is 1. The first-order chi connectivity index (χ1) is 11.1. The minimum atomic E-state index is -0.319. The Bertz CT molecular complexity index is 543. The molecule has 3 rings (SSSR count). The van der Waals surface area contributed by atoms with Crippen molar-refractivity contribution in [1.82, 2.24) is 5.32 Å². The number of anilines is 1. The molecule has 0 atom stereocenters. The topological polar surface area (TPSA) is 50.8 Å². The van der Waals surface area contributed by atoms with Crippen molar-refractivity contribution in [2.45, 2.75) is 31.5 Å². The van der Waals surface area contributed by atoms with Crippen LogP contribution >= 0.6 is 0 Å². The Morgan fingerprint density at radius 1 is 1.26 bits per heavy atom. The van der Waals surface area contributed by atoms with Gasteiger partial charge in [0, 0.05) is 44.7 Å². The molecule has 1 N–H and O–H groups in total. The average molecular weight is 318 g/mol. The molecule has 1 aromatic rings. The van der Waals surface area contributed by atoms with E-state index in [0.717, 1.165) is 37.9 Å². The van der Waals surface area contributed by atoms with E-state index in [1.807, 2.05) is 43.3 Å². The molecule has 2 fully saturated rings. The van der Waals surface area contributed by atoms with Crippen LogP contribution in [-0.4, -0.2) is 45.5 Å². The molecule has 126 valence electrons. The van der Waals surface area contributed by atoms with Gasteiger partial charge in [-0.15, -0.1) is 0 Å². The number of carbonyl (C=O) groups excluding carboxylic acids is 1. The molecule has 23 heavy (non-hydrogen) atoms. The van der Waals surface area contributed by atoms with Crippen molar-refractivity contribution in [3.63, 3.8) is 0 Å². The van der Waals surface area contributed by atoms with Gasteiger partial charge in [0.2, 0.25) is 0 Å². The average Bonchev–Trinajstić information content (AvgIpc) is 3.02. The molecule has 0 radical (unpaired) electrons. The molecular formula is C18H26N2O3. The maximum atomic E-state index is 12.3. The third kappa shape index (κ3) is 3.85. The minimum Gasteiger partial charge on any atom is -0.378 e. The Balaban J connectivity index is 1.49. The molecule has 0 bridgehead atoms. The van der Waals surface area contributed by atoms with E-state index in [-0.39, 0.29) is 11.7 Å². The highest BCUT2D eigenvalue weighted by molar-refractivity contribution is 5.95. The van der Waals surface area contributed by atoms with Crippen LogP contribution in [0.2, 0.25) is 0 Å². The van der Waals surface area contributed by atoms with E-state index in [9.17, 15) is 4.79 Å². The number of nitrogens with one attached hydrogen (secondary N) is 1. The van der Waals surface area contributed by atoms with Gasteiger partial charge in [0.25, 0.3) is 5.91 Å². The van der Waals surface area contributed by atoms with E-state index in [4.69, 9.17) is 9.47 Å². The van der Waals surface area contributed by atoms with Crippen LogP contribution in [0.1, 0.15) is 36.0 Å². The van der Waals surface area contributed by atoms with E-state index >= 15 is 0 Å². The van der Waals surface area contributed by atoms with Gasteiger partial charge in [-0.3, -0.25) is 4.79 Å². The van der Waals surface area contributed by atoms with Crippen molar-refractivity contribution in [2.24, 2.45) is 5.92 Å². The summed E-state index contributed by atoms with van der Waals surface area (Å²) in [6.45, 7) is 2.15. The quantitative estimate of drug-likeness (QED) is 0.926. The van der Waals surface area contributed by atoms with Crippen LogP contribution in [0.3, 0.4) is 0 Å². The highest BCUT2D eigenvalue weighted by Gasteiger charge is 2.40. The second-order valence-corrected chi connectivity index (χ2v) is 6.71. The highest BCUT2D eigenvalue weighted by atomic mass is 16.7. The number of nitrogens with zero attached hydrogens (tertiary/aromatic N) is 1. The van der Waals surface area contributed by atoms with Gasteiger partial charge in [-0.2, -0.15) is 0 Å². The van der Waals surface area contributed by atoms with Crippen LogP contribution in [0, 0.1) is 5.92 Å². The Morgan fingerprint density at radius 2 is 1.96 bits per heavy atom. The summed E-state index contributed by atoms with van der Waals surface area (Å²) in [7, 11) is 3.95. The standard InChI is InChI=1S/C18H26N2O3/c1-20(2)16-5-3-4-15(12-16)17(21)19-13-14-6-8-18(9-7-14)22-10-11-23-18/h3-5,12,14H,6-11,13H2,1-2H3,(H,19,21). The fraction of sp³-hybridized carbons (Fsp3) is 0.611. The van der Waals surface area contributed by atoms with Crippen molar-refractivity contribution >= 4 is 11.6 Å². The van der Waals surface area contributed by atoms with Gasteiger partial charge in [-0.25, -0.2) is 0 Å². The first kappa shape index (κ1) is 16.3. The van der Waals surface area contributed by atoms with Crippen LogP contribution in [-0.2, 0) is 9.47 Å². The van der Waals surface area contributed by atoms with Gasteiger partial charge in [0.1, 0.15) is 0 Å². The monoisotopic (exact) mass is 318 g/mol. The molecular weight excluding hydrogens is 292 g/mol. The molecule has 1 aliphatic carbocycles. The third-order valence-electron chi connectivity index (χ3n) is 4.86. The molecule has 1 aliphatic heterocycles. The Kier molecular flexibility index (Phi) is 4.87. The lowest BCUT2D eigenvalue weighted by molar-refractivity contribution is -0.182. The van der Waals surface area contributed by atoms with Crippen LogP contribution < -0.4 is 10.2 Å². The molecule has 1 spiro atoms. The van der Waals surface area contributed by atoms with Crippen LogP contribution in [0.5, 0.6) is 0 Å². The van der Waals surface area contributed by atoms with Crippen molar-refractivity contribution in [2.75, 3.05) is 38.8 Å². The van der Waals surface area contributed by atoms with E-state index in [1.165, 1.54) is 0 Å². The first-order valence-electron chi connectivity index (χ1n) is 8.41. The number of hydrogen-bond acceptors (Lipinski definition) is 4. The summed E-state index contributed by atoms with van der Waals surface area (Å²) in [5, 5.41) is 3.07. The molecule has 1 amide bonds. The molecule has 2 aliphatic rings. The number of amides is 1. The zero-order chi connectivity index (χ0) is 16.3. The Labute approximate surface area is 137 Å². The number of carbonyl (C=O) groups is 1. The fourth-order valence-electron chi connectivity index (χ4n) is 3.37. The molecule has 1 heterocycles. The maximum absolute atomic E-state index is 12.3. The van der Waals surface area contributed by atoms with Crippen molar-refractivity contribution in [3.8, 4) is 0 Å². The summed E-state index contributed by atoms with van der Waals surface area (Å²) in [5.74, 6) is 0.192. The van der Waals surface area contributed by atoms with Crippen molar-refractivity contribution in [3.05, 3.63) is 29.8 Å². The first-order valence-corrected chi connectivity index (χ1v) is 8.41. The van der Waals surface area contributed by atoms with E-state index in [1.54, 1.807) is 0 Å². The Morgan fingerprint density at radius 3 is 2.61 bits per heavy atom. The van der Waals surface area contributed by atoms with Gasteiger partial charge in [-0.1, -0.05) is 6.07 Å². The molecule has 5 nitrogen and oxygen atoms in total. The van der Waals surface area contributed by atoms with Crippen LogP contribution in [0.25, 0.3) is 0 Å². The lowest BCUT2D eigenvalue weighted by Gasteiger charge is -2.35. The SMILES string of the molecule is CN(C)c1cccc(C(=O)NCC2CCC3(CC2)OCCO3)c1. The van der Waals surface area contributed by atoms with Gasteiger partial charge < -0.3 is 19.7 Å². The summed E-state index contributed by atoms with van der Waals surface area (Å²) < 4.78 is 11.5. The third-order valence-corrected chi connectivity index (χ3v) is 4.86. The normalized spacial score (nSPS) is 20.6. The number of rotatable bonds is 4. The van der Waals surface area contributed by atoms with Crippen LogP contribution in [0.4, 0.5) is 5.69 Å². The van der Waals surface area contributed by atoms with Gasteiger partial charge in [0.05, 0.1) is 13.2 Å². The lowest BCUT2D eigenvalue weighted by atomic mass is 9.85. The summed E-state index contributed by atoms with van der Waals surface area (Å²) in [4.78, 5) is 14.3. The van der Waals surface area contributed by atoms with Crippen molar-refractivity contribution < 1.29 is 14.3 Å². The predicted molar refractivity (Wildman–Crippen MR) is 89.7 cm³/mol. The van der Waals surface area contributed by atoms with E-state index in [2.05, 4.69) is 5.32 Å². The summed E-state index contributed by atoms with van der Waals surface area (Å²) >= 11 is 0. The zero-order valence-electron chi connectivity index (χ0n) is 14.0. The minimum absolute atomic E-state index is 0.00218. The summed E-state index contributed by atoms with van der Waals surface area (Å²) in [5.41, 5.74) is 1.75. The second kappa shape index (κ2) is 6.89. The summed E-state index contributed by atoms with van der Waals surface area (Å²) in [6.07, 6.45) is 3.95. The van der Waals surface area contributed by atoms with Crippen molar-refractivity contribution in [1.29, 1.82) is 0 Å². The molecule has 1 saturated heterocycles. The maximum Gasteiger partial charge on any atom is 0.251 e. The number of hydrogen-bond donors (Lipinski definition) is 1. The second-order valence-electron chi connectivity index (χ2n) is 6.71.